The number of unbranched alkanes of at least 4 members (excludes halogenated alkanes) is 1. The number of methoxy groups -OCH3 is 1. The van der Waals surface area contributed by atoms with Crippen LogP contribution >= 0.6 is 0 Å². The molecule has 122 valence electrons. The van der Waals surface area contributed by atoms with Crippen LogP contribution in [0.5, 0.6) is 11.5 Å². The number of amides is 2. The molecule has 0 unspecified atom stereocenters. The lowest BCUT2D eigenvalue weighted by Crippen LogP contribution is -2.40. The molecule has 0 spiro atoms. The van der Waals surface area contributed by atoms with Gasteiger partial charge in [-0.1, -0.05) is 25.5 Å². The van der Waals surface area contributed by atoms with Crippen molar-refractivity contribution in [3.05, 3.63) is 24.3 Å². The summed E-state index contributed by atoms with van der Waals surface area (Å²) in [4.78, 5) is 25.1. The van der Waals surface area contributed by atoms with Crippen LogP contribution in [0.3, 0.4) is 0 Å². The number of nitrogens with zero attached hydrogens (tertiary/aromatic N) is 1. The summed E-state index contributed by atoms with van der Waals surface area (Å²) >= 11 is 0. The van der Waals surface area contributed by atoms with E-state index in [4.69, 9.17) is 9.47 Å². The van der Waals surface area contributed by atoms with Gasteiger partial charge in [-0.15, -0.1) is 0 Å². The molecular formula is C16H24N2O4. The van der Waals surface area contributed by atoms with Gasteiger partial charge < -0.3 is 19.7 Å². The van der Waals surface area contributed by atoms with Gasteiger partial charge in [-0.05, 0) is 18.6 Å². The third kappa shape index (κ3) is 6.03. The zero-order valence-corrected chi connectivity index (χ0v) is 13.4. The predicted molar refractivity (Wildman–Crippen MR) is 84.0 cm³/mol. The van der Waals surface area contributed by atoms with E-state index < -0.39 is 0 Å². The van der Waals surface area contributed by atoms with Gasteiger partial charge in [-0.3, -0.25) is 9.59 Å². The van der Waals surface area contributed by atoms with E-state index in [2.05, 4.69) is 12.2 Å². The predicted octanol–water partition coefficient (Wildman–Crippen LogP) is 1.45. The van der Waals surface area contributed by atoms with E-state index in [1.165, 1.54) is 7.11 Å². The molecule has 6 heteroatoms. The highest BCUT2D eigenvalue weighted by Crippen LogP contribution is 2.25. The smallest absolute Gasteiger partial charge is 0.258 e. The summed E-state index contributed by atoms with van der Waals surface area (Å²) in [7, 11) is 3.27. The van der Waals surface area contributed by atoms with Gasteiger partial charge in [0.25, 0.3) is 5.91 Å². The Balaban J connectivity index is 2.33. The number of carbonyl (C=O) groups excluding carboxylic acids is 2. The summed E-state index contributed by atoms with van der Waals surface area (Å²) in [5.41, 5.74) is 0. The Kier molecular flexibility index (Phi) is 7.81. The molecule has 0 bridgehead atoms. The molecular weight excluding hydrogens is 284 g/mol. The average Bonchev–Trinajstić information content (AvgIpc) is 2.55. The molecule has 6 nitrogen and oxygen atoms in total. The summed E-state index contributed by atoms with van der Waals surface area (Å²) in [6.07, 6.45) is 1.98. The van der Waals surface area contributed by atoms with Gasteiger partial charge in [0.05, 0.1) is 13.7 Å². The normalized spacial score (nSPS) is 9.95. The van der Waals surface area contributed by atoms with Gasteiger partial charge in [-0.2, -0.15) is 0 Å². The summed E-state index contributed by atoms with van der Waals surface area (Å²) in [6, 6.07) is 7.08. The summed E-state index contributed by atoms with van der Waals surface area (Å²) < 4.78 is 10.5. The fourth-order valence-corrected chi connectivity index (χ4v) is 1.76. The lowest BCUT2D eigenvalue weighted by atomic mass is 10.3. The minimum atomic E-state index is -0.344. The maximum absolute atomic E-state index is 11.8. The number of rotatable bonds is 9. The molecule has 0 saturated heterocycles. The van der Waals surface area contributed by atoms with E-state index in [1.54, 1.807) is 30.1 Å². The fraction of sp³-hybridized carbons (Fsp3) is 0.500. The Morgan fingerprint density at radius 3 is 2.55 bits per heavy atom. The Morgan fingerprint density at radius 2 is 1.91 bits per heavy atom. The SMILES string of the molecule is CCCCN(C)C(=O)CNC(=O)COc1ccccc1OC. The first-order valence-corrected chi connectivity index (χ1v) is 7.35. The highest BCUT2D eigenvalue weighted by molar-refractivity contribution is 5.85. The topological polar surface area (TPSA) is 67.9 Å². The number of para-hydroxylation sites is 2. The molecule has 0 radical (unpaired) electrons. The largest absolute Gasteiger partial charge is 0.493 e. The van der Waals surface area contributed by atoms with E-state index in [0.717, 1.165) is 12.8 Å². The molecule has 0 aliphatic rings. The number of benzene rings is 1. The number of hydrogen-bond donors (Lipinski definition) is 1. The lowest BCUT2D eigenvalue weighted by Gasteiger charge is -2.17. The molecule has 0 fully saturated rings. The van der Waals surface area contributed by atoms with Crippen molar-refractivity contribution in [1.82, 2.24) is 10.2 Å². The van der Waals surface area contributed by atoms with Crippen molar-refractivity contribution in [2.75, 3.05) is 33.9 Å². The monoisotopic (exact) mass is 308 g/mol. The number of ether oxygens (including phenoxy) is 2. The third-order valence-corrected chi connectivity index (χ3v) is 3.14. The molecule has 22 heavy (non-hydrogen) atoms. The van der Waals surface area contributed by atoms with Crippen LogP contribution in [0.1, 0.15) is 19.8 Å². The van der Waals surface area contributed by atoms with E-state index in [-0.39, 0.29) is 25.0 Å². The van der Waals surface area contributed by atoms with Crippen molar-refractivity contribution in [3.8, 4) is 11.5 Å². The van der Waals surface area contributed by atoms with Gasteiger partial charge in [0.15, 0.2) is 18.1 Å². The molecule has 1 rings (SSSR count). The molecule has 0 atom stereocenters. The van der Waals surface area contributed by atoms with Gasteiger partial charge in [0.2, 0.25) is 5.91 Å². The zero-order valence-electron chi connectivity index (χ0n) is 13.4. The molecule has 0 heterocycles. The van der Waals surface area contributed by atoms with Crippen LogP contribution < -0.4 is 14.8 Å². The van der Waals surface area contributed by atoms with E-state index in [9.17, 15) is 9.59 Å². The Hall–Kier alpha value is -2.24. The van der Waals surface area contributed by atoms with E-state index in [1.807, 2.05) is 6.07 Å². The molecule has 1 aromatic carbocycles. The second kappa shape index (κ2) is 9.65. The fourth-order valence-electron chi connectivity index (χ4n) is 1.76. The van der Waals surface area contributed by atoms with E-state index in [0.29, 0.717) is 18.0 Å². The quantitative estimate of drug-likeness (QED) is 0.750. The van der Waals surface area contributed by atoms with Crippen molar-refractivity contribution < 1.29 is 19.1 Å². The van der Waals surface area contributed by atoms with Crippen LogP contribution in [-0.2, 0) is 9.59 Å². The number of likely N-dealkylation sites (N-methyl/N-ethyl adjacent to an activating group) is 1. The van der Waals surface area contributed by atoms with Crippen molar-refractivity contribution in [2.24, 2.45) is 0 Å². The highest BCUT2D eigenvalue weighted by atomic mass is 16.5. The van der Waals surface area contributed by atoms with Crippen LogP contribution in [0, 0.1) is 0 Å². The van der Waals surface area contributed by atoms with Crippen LogP contribution in [0.2, 0.25) is 0 Å². The summed E-state index contributed by atoms with van der Waals surface area (Å²) in [5.74, 6) is 0.597. The molecule has 1 aromatic rings. The number of carbonyl (C=O) groups is 2. The maximum Gasteiger partial charge on any atom is 0.258 e. The second-order valence-corrected chi connectivity index (χ2v) is 4.89. The third-order valence-electron chi connectivity index (χ3n) is 3.14. The van der Waals surface area contributed by atoms with Crippen LogP contribution in [0.15, 0.2) is 24.3 Å². The van der Waals surface area contributed by atoms with Gasteiger partial charge in [0, 0.05) is 13.6 Å². The average molecular weight is 308 g/mol. The molecule has 0 aliphatic heterocycles. The minimum absolute atomic E-state index is 0.0195. The first-order chi connectivity index (χ1) is 10.6. The first-order valence-electron chi connectivity index (χ1n) is 7.35. The molecule has 2 amide bonds. The Bertz CT molecular complexity index is 491. The van der Waals surface area contributed by atoms with Crippen LogP contribution in [0.25, 0.3) is 0 Å². The molecule has 0 aromatic heterocycles. The van der Waals surface area contributed by atoms with Crippen molar-refractivity contribution in [3.63, 3.8) is 0 Å². The minimum Gasteiger partial charge on any atom is -0.493 e. The van der Waals surface area contributed by atoms with E-state index >= 15 is 0 Å². The maximum atomic E-state index is 11.8. The van der Waals surface area contributed by atoms with Gasteiger partial charge >= 0.3 is 0 Å². The number of hydrogen-bond acceptors (Lipinski definition) is 4. The van der Waals surface area contributed by atoms with Gasteiger partial charge in [-0.25, -0.2) is 0 Å². The molecule has 0 aliphatic carbocycles. The Labute approximate surface area is 131 Å². The summed E-state index contributed by atoms with van der Waals surface area (Å²) in [6.45, 7) is 2.58. The highest BCUT2D eigenvalue weighted by Gasteiger charge is 2.11. The second-order valence-electron chi connectivity index (χ2n) is 4.89. The Morgan fingerprint density at radius 1 is 1.23 bits per heavy atom. The molecule has 1 N–H and O–H groups in total. The van der Waals surface area contributed by atoms with Crippen LogP contribution in [0.4, 0.5) is 0 Å². The van der Waals surface area contributed by atoms with Gasteiger partial charge in [0.1, 0.15) is 0 Å². The first kappa shape index (κ1) is 17.8. The van der Waals surface area contributed by atoms with Crippen molar-refractivity contribution in [1.29, 1.82) is 0 Å². The standard InChI is InChI=1S/C16H24N2O4/c1-4-5-10-18(2)16(20)11-17-15(19)12-22-14-9-7-6-8-13(14)21-3/h6-9H,4-5,10-12H2,1-3H3,(H,17,19). The molecule has 0 saturated carbocycles. The summed E-state index contributed by atoms with van der Waals surface area (Å²) in [5, 5.41) is 2.55. The lowest BCUT2D eigenvalue weighted by molar-refractivity contribution is -0.132. The zero-order chi connectivity index (χ0) is 16.4. The number of nitrogens with one attached hydrogen (secondary N) is 1. The van der Waals surface area contributed by atoms with Crippen molar-refractivity contribution in [2.45, 2.75) is 19.8 Å². The van der Waals surface area contributed by atoms with Crippen molar-refractivity contribution >= 4 is 11.8 Å². The van der Waals surface area contributed by atoms with Crippen LogP contribution in [-0.4, -0.2) is 50.6 Å².